The number of alkyl halides is 2. The fourth-order valence-corrected chi connectivity index (χ4v) is 3.60. The number of nitrogens with zero attached hydrogens (tertiary/aromatic N) is 2. The molecule has 0 atom stereocenters. The van der Waals surface area contributed by atoms with Crippen LogP contribution < -0.4 is 16.4 Å². The molecule has 6 nitrogen and oxygen atoms in total. The van der Waals surface area contributed by atoms with Crippen LogP contribution in [0.1, 0.15) is 20.8 Å². The third-order valence-corrected chi connectivity index (χ3v) is 5.33. The fraction of sp³-hybridized carbons (Fsp3) is 0.150. The van der Waals surface area contributed by atoms with Crippen molar-refractivity contribution in [1.29, 1.82) is 0 Å². The first-order chi connectivity index (χ1) is 14.6. The van der Waals surface area contributed by atoms with Gasteiger partial charge in [0.05, 0.1) is 22.7 Å². The van der Waals surface area contributed by atoms with Crippen LogP contribution >= 0.6 is 22.9 Å². The summed E-state index contributed by atoms with van der Waals surface area (Å²) in [5.41, 5.74) is -0.639. The number of rotatable bonds is 4. The minimum atomic E-state index is -2.87. The molecule has 0 aliphatic carbocycles. The van der Waals surface area contributed by atoms with E-state index in [0.717, 1.165) is 23.6 Å². The second-order valence-corrected chi connectivity index (χ2v) is 7.95. The molecule has 1 N–H and O–H groups in total. The van der Waals surface area contributed by atoms with Gasteiger partial charge < -0.3 is 14.5 Å². The van der Waals surface area contributed by atoms with E-state index in [2.05, 4.69) is 17.2 Å². The van der Waals surface area contributed by atoms with Crippen molar-refractivity contribution < 1.29 is 18.0 Å². The number of hydrogen-bond donors (Lipinski definition) is 1. The van der Waals surface area contributed by atoms with Gasteiger partial charge in [0.2, 0.25) is 5.56 Å². The molecular weight excluding hydrogens is 455 g/mol. The van der Waals surface area contributed by atoms with E-state index in [1.807, 2.05) is 0 Å². The summed E-state index contributed by atoms with van der Waals surface area (Å²) in [6.07, 6.45) is -0.385. The Morgan fingerprint density at radius 1 is 1.23 bits per heavy atom. The number of aryl methyl sites for hydroxylation is 1. The van der Waals surface area contributed by atoms with E-state index in [1.54, 1.807) is 19.3 Å². The lowest BCUT2D eigenvalue weighted by atomic mass is 10.2. The van der Waals surface area contributed by atoms with E-state index in [1.165, 1.54) is 16.7 Å². The molecule has 31 heavy (non-hydrogen) atoms. The van der Waals surface area contributed by atoms with E-state index in [9.17, 15) is 27.6 Å². The Bertz CT molecular complexity index is 1340. The van der Waals surface area contributed by atoms with Crippen molar-refractivity contribution in [2.75, 3.05) is 5.32 Å². The van der Waals surface area contributed by atoms with Crippen LogP contribution in [-0.4, -0.2) is 21.5 Å². The zero-order valence-corrected chi connectivity index (χ0v) is 17.4. The summed E-state index contributed by atoms with van der Waals surface area (Å²) in [5.74, 6) is 3.69. The monoisotopic (exact) mass is 467 g/mol. The quantitative estimate of drug-likeness (QED) is 0.598. The number of halogens is 4. The maximum Gasteiger partial charge on any atom is 0.286 e. The molecule has 3 aromatic rings. The van der Waals surface area contributed by atoms with E-state index in [-0.39, 0.29) is 20.5 Å². The second kappa shape index (κ2) is 9.24. The summed E-state index contributed by atoms with van der Waals surface area (Å²) >= 11 is 7.05. The van der Waals surface area contributed by atoms with Gasteiger partial charge in [-0.1, -0.05) is 23.4 Å². The van der Waals surface area contributed by atoms with Crippen LogP contribution in [0.2, 0.25) is 4.34 Å². The standard InChI is InChI=1S/C20H13ClF3N3O3S/c1-26-8-11(3-5-17(26)28)2-4-12-6-15(31-18(12)21)19(29)25-13-7-14(22)20(30)27(9-13)10-16(23)24/h3,5-9,16H,10H2,1H3,(H,25,29). The summed E-state index contributed by atoms with van der Waals surface area (Å²) in [6, 6.07) is 5.08. The van der Waals surface area contributed by atoms with Crippen LogP contribution in [0, 0.1) is 17.7 Å². The minimum Gasteiger partial charge on any atom is -0.320 e. The topological polar surface area (TPSA) is 73.1 Å². The Balaban J connectivity index is 1.82. The van der Waals surface area contributed by atoms with Gasteiger partial charge in [-0.15, -0.1) is 11.3 Å². The first kappa shape index (κ1) is 22.4. The first-order valence-electron chi connectivity index (χ1n) is 8.61. The lowest BCUT2D eigenvalue weighted by molar-refractivity contribution is 0.103. The van der Waals surface area contributed by atoms with Crippen molar-refractivity contribution in [3.05, 3.63) is 83.5 Å². The predicted molar refractivity (Wildman–Crippen MR) is 112 cm³/mol. The van der Waals surface area contributed by atoms with Gasteiger partial charge >= 0.3 is 0 Å². The third-order valence-electron chi connectivity index (χ3n) is 3.97. The van der Waals surface area contributed by atoms with E-state index in [0.29, 0.717) is 15.7 Å². The van der Waals surface area contributed by atoms with Gasteiger partial charge in [-0.05, 0) is 12.1 Å². The number of nitrogens with one attached hydrogen (secondary N) is 1. The molecule has 0 saturated heterocycles. The van der Waals surface area contributed by atoms with Crippen molar-refractivity contribution in [2.24, 2.45) is 7.05 Å². The molecule has 11 heteroatoms. The molecule has 1 amide bonds. The van der Waals surface area contributed by atoms with Crippen LogP contribution in [0.5, 0.6) is 0 Å². The van der Waals surface area contributed by atoms with E-state index >= 15 is 0 Å². The highest BCUT2D eigenvalue weighted by Gasteiger charge is 2.16. The number of thiophene rings is 1. The Kier molecular flexibility index (Phi) is 6.68. The minimum absolute atomic E-state index is 0.141. The number of aromatic nitrogens is 2. The molecule has 0 aliphatic rings. The molecule has 0 aliphatic heterocycles. The molecular formula is C20H13ClF3N3O3S. The lowest BCUT2D eigenvalue weighted by Gasteiger charge is -2.09. The molecule has 0 bridgehead atoms. The van der Waals surface area contributed by atoms with Gasteiger partial charge in [0.1, 0.15) is 4.34 Å². The molecule has 3 aromatic heterocycles. The number of amides is 1. The van der Waals surface area contributed by atoms with Crippen molar-refractivity contribution in [1.82, 2.24) is 9.13 Å². The van der Waals surface area contributed by atoms with Gasteiger partial charge in [-0.3, -0.25) is 14.4 Å². The van der Waals surface area contributed by atoms with E-state index < -0.39 is 30.3 Å². The zero-order chi connectivity index (χ0) is 22.7. The summed E-state index contributed by atoms with van der Waals surface area (Å²) < 4.78 is 41.0. The van der Waals surface area contributed by atoms with Crippen LogP contribution in [-0.2, 0) is 13.6 Å². The molecule has 0 fully saturated rings. The van der Waals surface area contributed by atoms with Gasteiger partial charge in [-0.2, -0.15) is 0 Å². The Morgan fingerprint density at radius 3 is 2.65 bits per heavy atom. The summed E-state index contributed by atoms with van der Waals surface area (Å²) in [7, 11) is 1.58. The second-order valence-electron chi connectivity index (χ2n) is 6.29. The van der Waals surface area contributed by atoms with Gasteiger partial charge in [0.25, 0.3) is 17.9 Å². The molecule has 0 aromatic carbocycles. The van der Waals surface area contributed by atoms with Gasteiger partial charge in [0, 0.05) is 37.1 Å². The number of carbonyl (C=O) groups excluding carboxylic acids is 1. The van der Waals surface area contributed by atoms with Crippen molar-refractivity contribution in [3.63, 3.8) is 0 Å². The smallest absolute Gasteiger partial charge is 0.286 e. The highest BCUT2D eigenvalue weighted by atomic mass is 35.5. The average molecular weight is 468 g/mol. The molecule has 0 saturated carbocycles. The normalized spacial score (nSPS) is 10.6. The number of carbonyl (C=O) groups is 1. The highest BCUT2D eigenvalue weighted by Crippen LogP contribution is 2.27. The molecule has 0 unspecified atom stereocenters. The maximum atomic E-state index is 13.7. The van der Waals surface area contributed by atoms with Crippen molar-refractivity contribution in [2.45, 2.75) is 13.0 Å². The van der Waals surface area contributed by atoms with Gasteiger partial charge in [0.15, 0.2) is 5.82 Å². The van der Waals surface area contributed by atoms with Crippen molar-refractivity contribution in [3.8, 4) is 11.8 Å². The Hall–Kier alpha value is -3.29. The van der Waals surface area contributed by atoms with Crippen LogP contribution in [0.4, 0.5) is 18.9 Å². The van der Waals surface area contributed by atoms with Crippen molar-refractivity contribution >= 4 is 34.5 Å². The molecule has 0 spiro atoms. The number of hydrogen-bond acceptors (Lipinski definition) is 4. The molecule has 160 valence electrons. The number of pyridine rings is 2. The fourth-order valence-electron chi connectivity index (χ4n) is 2.52. The Labute approximate surface area is 182 Å². The maximum absolute atomic E-state index is 13.7. The SMILES string of the molecule is Cn1cc(C#Cc2cc(C(=O)Nc3cc(F)c(=O)n(CC(F)F)c3)sc2Cl)ccc1=O. The van der Waals surface area contributed by atoms with Crippen LogP contribution in [0.25, 0.3) is 0 Å². The Morgan fingerprint density at radius 2 is 1.97 bits per heavy atom. The summed E-state index contributed by atoms with van der Waals surface area (Å²) in [5, 5.41) is 2.35. The molecule has 0 radical (unpaired) electrons. The third kappa shape index (κ3) is 5.45. The average Bonchev–Trinajstić information content (AvgIpc) is 3.07. The summed E-state index contributed by atoms with van der Waals surface area (Å²) in [6.45, 7) is -1.00. The largest absolute Gasteiger partial charge is 0.320 e. The molecule has 3 heterocycles. The first-order valence-corrected chi connectivity index (χ1v) is 9.81. The summed E-state index contributed by atoms with van der Waals surface area (Å²) in [4.78, 5) is 35.6. The molecule has 3 rings (SSSR count). The highest BCUT2D eigenvalue weighted by molar-refractivity contribution is 7.18. The lowest BCUT2D eigenvalue weighted by Crippen LogP contribution is -2.26. The predicted octanol–water partition coefficient (Wildman–Crippen LogP) is 3.32. The number of anilines is 1. The van der Waals surface area contributed by atoms with E-state index in [4.69, 9.17) is 11.6 Å². The van der Waals surface area contributed by atoms with Crippen LogP contribution in [0.15, 0.2) is 46.2 Å². The zero-order valence-electron chi connectivity index (χ0n) is 15.8. The van der Waals surface area contributed by atoms with Gasteiger partial charge in [-0.25, -0.2) is 13.2 Å². The van der Waals surface area contributed by atoms with Crippen LogP contribution in [0.3, 0.4) is 0 Å².